The van der Waals surface area contributed by atoms with E-state index < -0.39 is 27.2 Å². The molecule has 0 aliphatic rings. The normalized spacial score (nSPS) is 11.6. The van der Waals surface area contributed by atoms with Crippen LogP contribution in [0.25, 0.3) is 22.4 Å². The van der Waals surface area contributed by atoms with Crippen molar-refractivity contribution in [3.8, 4) is 28.1 Å². The van der Waals surface area contributed by atoms with Gasteiger partial charge in [0, 0.05) is 11.8 Å². The fraction of sp³-hybridized carbons (Fsp3) is 0.167. The molecule has 0 amide bonds. The largest absolute Gasteiger partial charge is 0.495 e. The fourth-order valence-corrected chi connectivity index (χ4v) is 3.68. The number of rotatable bonds is 5. The maximum atomic E-state index is 14.3. The first-order valence-electron chi connectivity index (χ1n) is 7.69. The first-order valence-corrected chi connectivity index (χ1v) is 9.96. The lowest BCUT2D eigenvalue weighted by molar-refractivity contribution is 0.230. The summed E-state index contributed by atoms with van der Waals surface area (Å²) < 4.78 is 47.9. The smallest absolute Gasteiger partial charge is 0.178 e. The second kappa shape index (κ2) is 7.30. The van der Waals surface area contributed by atoms with Crippen molar-refractivity contribution < 1.29 is 27.2 Å². The molecule has 0 saturated heterocycles. The van der Waals surface area contributed by atoms with Crippen molar-refractivity contribution >= 4 is 21.4 Å². The van der Waals surface area contributed by atoms with Crippen LogP contribution in [0.3, 0.4) is 0 Å². The Morgan fingerprint density at radius 3 is 2.48 bits per heavy atom. The molecular formula is C18H15ClFNO5S. The number of benzene rings is 2. The molecule has 0 radical (unpaired) electrons. The summed E-state index contributed by atoms with van der Waals surface area (Å²) in [5, 5.41) is 13.9. The maximum Gasteiger partial charge on any atom is 0.178 e. The number of aliphatic hydroxyl groups excluding tert-OH is 1. The molecule has 1 heterocycles. The number of halogens is 2. The van der Waals surface area contributed by atoms with E-state index in [1.165, 1.54) is 19.2 Å². The van der Waals surface area contributed by atoms with Gasteiger partial charge in [0.1, 0.15) is 28.8 Å². The minimum absolute atomic E-state index is 0.114. The molecule has 1 N–H and O–H groups in total. The highest BCUT2D eigenvalue weighted by molar-refractivity contribution is 7.90. The van der Waals surface area contributed by atoms with E-state index in [2.05, 4.69) is 5.16 Å². The summed E-state index contributed by atoms with van der Waals surface area (Å²) in [4.78, 5) is -0.415. The molecule has 0 aliphatic carbocycles. The van der Waals surface area contributed by atoms with Crippen LogP contribution in [0.2, 0.25) is 5.02 Å². The van der Waals surface area contributed by atoms with Crippen molar-refractivity contribution in [2.75, 3.05) is 13.4 Å². The Labute approximate surface area is 160 Å². The van der Waals surface area contributed by atoms with E-state index in [0.29, 0.717) is 33.2 Å². The van der Waals surface area contributed by atoms with Crippen LogP contribution in [0.4, 0.5) is 4.39 Å². The van der Waals surface area contributed by atoms with Crippen LogP contribution in [0.5, 0.6) is 5.75 Å². The summed E-state index contributed by atoms with van der Waals surface area (Å²) in [7, 11) is -2.22. The fourth-order valence-electron chi connectivity index (χ4n) is 2.70. The molecule has 27 heavy (non-hydrogen) atoms. The standard InChI is InChI=1S/C18H15ClFNO5S/c1-25-14-5-3-11(7-12(14)19)18-17(15(9-22)26-21-18)10-4-6-16(13(20)8-10)27(2,23)24/h3-8,22H,9H2,1-2H3. The van der Waals surface area contributed by atoms with E-state index in [-0.39, 0.29) is 5.76 Å². The van der Waals surface area contributed by atoms with Crippen LogP contribution >= 0.6 is 11.6 Å². The molecule has 0 aliphatic heterocycles. The molecule has 0 fully saturated rings. The molecule has 142 valence electrons. The number of sulfone groups is 1. The van der Waals surface area contributed by atoms with Gasteiger partial charge in [-0.05, 0) is 35.9 Å². The number of nitrogens with zero attached hydrogens (tertiary/aromatic N) is 1. The second-order valence-corrected chi connectivity index (χ2v) is 8.15. The monoisotopic (exact) mass is 411 g/mol. The van der Waals surface area contributed by atoms with Gasteiger partial charge in [-0.25, -0.2) is 12.8 Å². The Hall–Kier alpha value is -2.42. The third-order valence-corrected chi connectivity index (χ3v) is 5.38. The molecule has 3 aromatic rings. The van der Waals surface area contributed by atoms with Crippen molar-refractivity contribution in [1.29, 1.82) is 0 Å². The molecule has 0 atom stereocenters. The molecule has 0 spiro atoms. The van der Waals surface area contributed by atoms with Crippen LogP contribution in [0, 0.1) is 5.82 Å². The highest BCUT2D eigenvalue weighted by atomic mass is 35.5. The van der Waals surface area contributed by atoms with E-state index in [4.69, 9.17) is 20.9 Å². The summed E-state index contributed by atoms with van der Waals surface area (Å²) in [6.45, 7) is -0.471. The van der Waals surface area contributed by atoms with Crippen molar-refractivity contribution in [1.82, 2.24) is 5.16 Å². The van der Waals surface area contributed by atoms with E-state index in [0.717, 1.165) is 12.3 Å². The third-order valence-electron chi connectivity index (χ3n) is 3.95. The summed E-state index contributed by atoms with van der Waals surface area (Å²) in [5.41, 5.74) is 1.55. The van der Waals surface area contributed by atoms with E-state index in [9.17, 15) is 17.9 Å². The first-order chi connectivity index (χ1) is 12.8. The Bertz CT molecular complexity index is 1110. The van der Waals surface area contributed by atoms with Gasteiger partial charge in [0.2, 0.25) is 0 Å². The van der Waals surface area contributed by atoms with E-state index in [1.54, 1.807) is 18.2 Å². The zero-order chi connectivity index (χ0) is 19.8. The number of methoxy groups -OCH3 is 1. The highest BCUT2D eigenvalue weighted by Crippen LogP contribution is 2.38. The minimum Gasteiger partial charge on any atom is -0.495 e. The van der Waals surface area contributed by atoms with Gasteiger partial charge in [-0.3, -0.25) is 0 Å². The van der Waals surface area contributed by atoms with E-state index >= 15 is 0 Å². The van der Waals surface area contributed by atoms with Crippen LogP contribution in [-0.4, -0.2) is 32.0 Å². The average Bonchev–Trinajstić information content (AvgIpc) is 3.04. The number of ether oxygens (including phenoxy) is 1. The molecule has 3 rings (SSSR count). The van der Waals surface area contributed by atoms with Gasteiger partial charge < -0.3 is 14.4 Å². The molecule has 0 bridgehead atoms. The Balaban J connectivity index is 2.18. The Morgan fingerprint density at radius 1 is 1.22 bits per heavy atom. The predicted octanol–water partition coefficient (Wildman–Crippen LogP) is 3.71. The lowest BCUT2D eigenvalue weighted by Crippen LogP contribution is -2.01. The third kappa shape index (κ3) is 3.69. The topological polar surface area (TPSA) is 89.6 Å². The van der Waals surface area contributed by atoms with Crippen LogP contribution < -0.4 is 4.74 Å². The highest BCUT2D eigenvalue weighted by Gasteiger charge is 2.22. The molecule has 9 heteroatoms. The molecule has 0 unspecified atom stereocenters. The zero-order valence-corrected chi connectivity index (χ0v) is 15.9. The summed E-state index contributed by atoms with van der Waals surface area (Å²) in [5.74, 6) is -0.321. The molecule has 1 aromatic heterocycles. The molecule has 0 saturated carbocycles. The molecule has 6 nitrogen and oxygen atoms in total. The lowest BCUT2D eigenvalue weighted by atomic mass is 9.99. The summed E-state index contributed by atoms with van der Waals surface area (Å²) >= 11 is 6.16. The summed E-state index contributed by atoms with van der Waals surface area (Å²) in [6.07, 6.45) is 0.925. The molecule has 2 aromatic carbocycles. The van der Waals surface area contributed by atoms with Gasteiger partial charge in [-0.15, -0.1) is 0 Å². The van der Waals surface area contributed by atoms with Gasteiger partial charge in [0.25, 0.3) is 0 Å². The average molecular weight is 412 g/mol. The van der Waals surface area contributed by atoms with Crippen molar-refractivity contribution in [3.05, 3.63) is 53.0 Å². The van der Waals surface area contributed by atoms with Gasteiger partial charge >= 0.3 is 0 Å². The van der Waals surface area contributed by atoms with Crippen molar-refractivity contribution in [3.63, 3.8) is 0 Å². The molecular weight excluding hydrogens is 397 g/mol. The number of hydrogen-bond acceptors (Lipinski definition) is 6. The van der Waals surface area contributed by atoms with Crippen molar-refractivity contribution in [2.24, 2.45) is 0 Å². The minimum atomic E-state index is -3.71. The van der Waals surface area contributed by atoms with Crippen molar-refractivity contribution in [2.45, 2.75) is 11.5 Å². The SMILES string of the molecule is COc1ccc(-c2noc(CO)c2-c2ccc(S(C)(=O)=O)c(F)c2)cc1Cl. The van der Waals surface area contributed by atoms with Gasteiger partial charge in [0.05, 0.1) is 17.7 Å². The Kier molecular flexibility index (Phi) is 5.23. The number of aromatic nitrogens is 1. The zero-order valence-electron chi connectivity index (χ0n) is 14.4. The second-order valence-electron chi connectivity index (χ2n) is 5.75. The quantitative estimate of drug-likeness (QED) is 0.688. The number of aliphatic hydroxyl groups is 1. The summed E-state index contributed by atoms with van der Waals surface area (Å²) in [6, 6.07) is 8.59. The Morgan fingerprint density at radius 2 is 1.93 bits per heavy atom. The van der Waals surface area contributed by atoms with Gasteiger partial charge in [-0.1, -0.05) is 22.8 Å². The van der Waals surface area contributed by atoms with Crippen LogP contribution in [0.15, 0.2) is 45.8 Å². The first kappa shape index (κ1) is 19.3. The van der Waals surface area contributed by atoms with Crippen LogP contribution in [0.1, 0.15) is 5.76 Å². The predicted molar refractivity (Wildman–Crippen MR) is 97.9 cm³/mol. The maximum absolute atomic E-state index is 14.3. The van der Waals surface area contributed by atoms with Gasteiger partial charge in [-0.2, -0.15) is 0 Å². The lowest BCUT2D eigenvalue weighted by Gasteiger charge is -2.08. The van der Waals surface area contributed by atoms with E-state index in [1.807, 2.05) is 0 Å². The number of hydrogen-bond donors (Lipinski definition) is 1. The van der Waals surface area contributed by atoms with Gasteiger partial charge in [0.15, 0.2) is 15.6 Å². The van der Waals surface area contributed by atoms with Crippen LogP contribution in [-0.2, 0) is 16.4 Å².